The third-order valence-electron chi connectivity index (χ3n) is 9.11. The van der Waals surface area contributed by atoms with Crippen LogP contribution in [-0.4, -0.2) is 38.7 Å². The summed E-state index contributed by atoms with van der Waals surface area (Å²) in [5.74, 6) is -0.647. The largest absolute Gasteiger partial charge is 0.336 e. The van der Waals surface area contributed by atoms with Gasteiger partial charge in [-0.15, -0.1) is 0 Å². The first-order valence-electron chi connectivity index (χ1n) is 13.3. The zero-order chi connectivity index (χ0) is 26.9. The highest BCUT2D eigenvalue weighted by Crippen LogP contribution is 2.72. The predicted molar refractivity (Wildman–Crippen MR) is 146 cm³/mol. The Morgan fingerprint density at radius 2 is 1.92 bits per heavy atom. The minimum Gasteiger partial charge on any atom is -0.336 e. The topological polar surface area (TPSA) is 51.0 Å². The number of carbonyl (C=O) groups is 1. The van der Waals surface area contributed by atoms with E-state index in [1.807, 2.05) is 10.9 Å². The molecule has 0 bridgehead atoms. The first kappa shape index (κ1) is 23.9. The van der Waals surface area contributed by atoms with E-state index in [0.29, 0.717) is 19.0 Å². The summed E-state index contributed by atoms with van der Waals surface area (Å²) in [5, 5.41) is 5.60. The van der Waals surface area contributed by atoms with Gasteiger partial charge in [0.05, 0.1) is 17.4 Å². The fraction of sp³-hybridized carbons (Fsp3) is 0.281. The molecule has 2 aromatic carbocycles. The van der Waals surface area contributed by atoms with Crippen molar-refractivity contribution in [2.24, 2.45) is 17.3 Å². The number of carbonyl (C=O) groups excluding carboxylic acids is 1. The number of piperidine rings is 1. The summed E-state index contributed by atoms with van der Waals surface area (Å²) < 4.78 is 29.9. The number of aryl methyl sites for hydroxylation is 1. The number of nitrogens with zero attached hydrogens (tertiary/aromatic N) is 4. The van der Waals surface area contributed by atoms with Crippen molar-refractivity contribution in [2.75, 3.05) is 13.1 Å². The number of rotatable bonds is 4. The molecule has 196 valence electrons. The molecule has 4 aromatic rings. The third-order valence-corrected chi connectivity index (χ3v) is 9.11. The summed E-state index contributed by atoms with van der Waals surface area (Å²) in [4.78, 5) is 19.2. The summed E-state index contributed by atoms with van der Waals surface area (Å²) in [6.45, 7) is 5.50. The Morgan fingerprint density at radius 3 is 2.67 bits per heavy atom. The van der Waals surface area contributed by atoms with E-state index in [4.69, 9.17) is 0 Å². The van der Waals surface area contributed by atoms with Gasteiger partial charge in [0.25, 0.3) is 5.91 Å². The van der Waals surface area contributed by atoms with E-state index in [9.17, 15) is 13.6 Å². The molecule has 3 aliphatic rings. The lowest BCUT2D eigenvalue weighted by Crippen LogP contribution is -2.38. The Morgan fingerprint density at radius 1 is 1.10 bits per heavy atom. The molecule has 1 amide bonds. The van der Waals surface area contributed by atoms with Gasteiger partial charge in [-0.1, -0.05) is 31.2 Å². The standard InChI is InChI=1S/C32H28F2N4O/c1-20-15-27-21(17-36-38(27)23-10-8-22(33)9-11-23)16-24(20)32-19-37(30(39)28-26(34)7-6-14-35-28)18-25(32)29(32)31(2)12-4-3-5-13-31/h3-12,14-17,25,29H,13,18-19H2,1-2H3/t25-,29+,31?,32+/m0/s1. The SMILES string of the molecule is Cc1cc2c(cnn2-c2ccc(F)cc2)cc1[C@]12CN(C(=O)c3ncccc3F)C[C@H]1[C@@H]2C1(C)C=CC=CC1. The molecule has 1 aliphatic heterocycles. The van der Waals surface area contributed by atoms with Crippen LogP contribution in [0.1, 0.15) is 35.0 Å². The number of aromatic nitrogens is 3. The van der Waals surface area contributed by atoms with Crippen LogP contribution in [0.2, 0.25) is 0 Å². The summed E-state index contributed by atoms with van der Waals surface area (Å²) in [6.07, 6.45) is 13.0. The Hall–Kier alpha value is -4.13. The van der Waals surface area contributed by atoms with E-state index in [1.165, 1.54) is 36.0 Å². The molecule has 1 unspecified atom stereocenters. The highest BCUT2D eigenvalue weighted by atomic mass is 19.1. The zero-order valence-electron chi connectivity index (χ0n) is 21.8. The van der Waals surface area contributed by atoms with E-state index in [-0.39, 0.29) is 34.2 Å². The molecule has 4 atom stereocenters. The summed E-state index contributed by atoms with van der Waals surface area (Å²) in [5.41, 5.74) is 3.67. The van der Waals surface area contributed by atoms with E-state index >= 15 is 0 Å². The van der Waals surface area contributed by atoms with E-state index in [0.717, 1.165) is 28.6 Å². The van der Waals surface area contributed by atoms with Crippen LogP contribution >= 0.6 is 0 Å². The van der Waals surface area contributed by atoms with Gasteiger partial charge in [0, 0.05) is 30.1 Å². The number of benzene rings is 2. The van der Waals surface area contributed by atoms with Crippen LogP contribution in [0.3, 0.4) is 0 Å². The van der Waals surface area contributed by atoms with Crippen LogP contribution in [0.15, 0.2) is 85.2 Å². The number of fused-ring (bicyclic) bond motifs is 2. The number of amides is 1. The van der Waals surface area contributed by atoms with E-state index in [2.05, 4.69) is 60.4 Å². The minimum atomic E-state index is -0.591. The Balaban J connectivity index is 1.31. The molecule has 2 aromatic heterocycles. The quantitative estimate of drug-likeness (QED) is 0.322. The number of halogens is 2. The van der Waals surface area contributed by atoms with Gasteiger partial charge >= 0.3 is 0 Å². The second-order valence-electron chi connectivity index (χ2n) is 11.4. The molecular formula is C32H28F2N4O. The van der Waals surface area contributed by atoms with Gasteiger partial charge in [-0.05, 0) is 90.3 Å². The van der Waals surface area contributed by atoms with Crippen molar-refractivity contribution < 1.29 is 13.6 Å². The first-order chi connectivity index (χ1) is 18.8. The molecule has 39 heavy (non-hydrogen) atoms. The first-order valence-corrected chi connectivity index (χ1v) is 13.3. The molecule has 1 saturated heterocycles. The van der Waals surface area contributed by atoms with Crippen molar-refractivity contribution >= 4 is 16.8 Å². The van der Waals surface area contributed by atoms with Crippen molar-refractivity contribution in [3.05, 3.63) is 114 Å². The lowest BCUT2D eigenvalue weighted by Gasteiger charge is -2.34. The van der Waals surface area contributed by atoms with Crippen LogP contribution in [0, 0.1) is 35.8 Å². The van der Waals surface area contributed by atoms with Crippen molar-refractivity contribution in [1.29, 1.82) is 0 Å². The maximum atomic E-state index is 14.5. The molecule has 1 saturated carbocycles. The lowest BCUT2D eigenvalue weighted by atomic mass is 9.73. The Labute approximate surface area is 225 Å². The Bertz CT molecular complexity index is 1690. The lowest BCUT2D eigenvalue weighted by molar-refractivity contribution is 0.0738. The van der Waals surface area contributed by atoms with Gasteiger partial charge < -0.3 is 4.90 Å². The van der Waals surface area contributed by atoms with Crippen molar-refractivity contribution in [2.45, 2.75) is 25.7 Å². The van der Waals surface area contributed by atoms with Gasteiger partial charge in [0.15, 0.2) is 11.5 Å². The van der Waals surface area contributed by atoms with Crippen LogP contribution in [0.25, 0.3) is 16.6 Å². The maximum Gasteiger partial charge on any atom is 0.275 e. The number of likely N-dealkylation sites (tertiary alicyclic amines) is 1. The second-order valence-corrected chi connectivity index (χ2v) is 11.4. The fourth-order valence-corrected chi connectivity index (χ4v) is 7.41. The molecule has 0 radical (unpaired) electrons. The zero-order valence-corrected chi connectivity index (χ0v) is 21.8. The molecule has 7 rings (SSSR count). The molecule has 3 heterocycles. The molecule has 0 spiro atoms. The van der Waals surface area contributed by atoms with Crippen molar-refractivity contribution in [1.82, 2.24) is 19.7 Å². The van der Waals surface area contributed by atoms with E-state index < -0.39 is 5.82 Å². The average Bonchev–Trinajstić information content (AvgIpc) is 3.19. The number of hydrogen-bond donors (Lipinski definition) is 0. The van der Waals surface area contributed by atoms with Gasteiger partial charge in [-0.2, -0.15) is 5.10 Å². The van der Waals surface area contributed by atoms with Crippen molar-refractivity contribution in [3.8, 4) is 5.69 Å². The van der Waals surface area contributed by atoms with Gasteiger partial charge in [-0.25, -0.2) is 18.4 Å². The average molecular weight is 523 g/mol. The third kappa shape index (κ3) is 3.52. The number of hydrogen-bond acceptors (Lipinski definition) is 3. The minimum absolute atomic E-state index is 0.0372. The second kappa shape index (κ2) is 8.43. The molecule has 2 fully saturated rings. The monoisotopic (exact) mass is 522 g/mol. The van der Waals surface area contributed by atoms with Crippen LogP contribution in [-0.2, 0) is 5.41 Å². The van der Waals surface area contributed by atoms with Crippen molar-refractivity contribution in [3.63, 3.8) is 0 Å². The molecular weight excluding hydrogens is 494 g/mol. The summed E-state index contributed by atoms with van der Waals surface area (Å²) >= 11 is 0. The van der Waals surface area contributed by atoms with E-state index in [1.54, 1.807) is 17.0 Å². The summed E-state index contributed by atoms with van der Waals surface area (Å²) in [6, 6.07) is 13.4. The predicted octanol–water partition coefficient (Wildman–Crippen LogP) is 6.17. The molecule has 5 nitrogen and oxygen atoms in total. The molecule has 0 N–H and O–H groups in total. The Kier molecular flexibility index (Phi) is 5.18. The smallest absolute Gasteiger partial charge is 0.275 e. The number of allylic oxidation sites excluding steroid dienone is 4. The number of pyridine rings is 1. The summed E-state index contributed by atoms with van der Waals surface area (Å²) in [7, 11) is 0. The van der Waals surface area contributed by atoms with Crippen LogP contribution in [0.5, 0.6) is 0 Å². The van der Waals surface area contributed by atoms with Gasteiger partial charge in [0.2, 0.25) is 0 Å². The van der Waals surface area contributed by atoms with Crippen LogP contribution in [0.4, 0.5) is 8.78 Å². The molecule has 7 heteroatoms. The fourth-order valence-electron chi connectivity index (χ4n) is 7.41. The normalized spacial score (nSPS) is 27.2. The molecule has 2 aliphatic carbocycles. The van der Waals surface area contributed by atoms with Gasteiger partial charge in [-0.3, -0.25) is 4.79 Å². The van der Waals surface area contributed by atoms with Gasteiger partial charge in [0.1, 0.15) is 5.82 Å². The highest BCUT2D eigenvalue weighted by Gasteiger charge is 2.74. The maximum absolute atomic E-state index is 14.5. The highest BCUT2D eigenvalue weighted by molar-refractivity contribution is 5.93. The van der Waals surface area contributed by atoms with Crippen LogP contribution < -0.4 is 0 Å².